The molecular formula is C111H67N9Se3. The van der Waals surface area contributed by atoms with Gasteiger partial charge in [-0.05, 0) is 0 Å². The van der Waals surface area contributed by atoms with E-state index < -0.39 is 0 Å². The molecule has 0 atom stereocenters. The molecule has 12 heteroatoms. The van der Waals surface area contributed by atoms with E-state index >= 15 is 0 Å². The Morgan fingerprint density at radius 2 is 0.407 bits per heavy atom. The molecule has 6 heterocycles. The molecule has 6 aromatic heterocycles. The van der Waals surface area contributed by atoms with E-state index in [1.807, 2.05) is 54.6 Å². The summed E-state index contributed by atoms with van der Waals surface area (Å²) in [5, 5.41) is 22.3. The van der Waals surface area contributed by atoms with Gasteiger partial charge in [-0.15, -0.1) is 0 Å². The van der Waals surface area contributed by atoms with Gasteiger partial charge >= 0.3 is 707 Å². The Bertz CT molecular complexity index is 8440. The van der Waals surface area contributed by atoms with E-state index in [4.69, 9.17) is 44.9 Å². The Balaban J connectivity index is 0.000000107. The third kappa shape index (κ3) is 13.6. The van der Waals surface area contributed by atoms with Crippen LogP contribution in [-0.4, -0.2) is 88.4 Å². The zero-order valence-electron chi connectivity index (χ0n) is 65.9. The number of nitrogens with zero attached hydrogens (tertiary/aromatic N) is 9. The van der Waals surface area contributed by atoms with E-state index in [0.717, 1.165) is 77.9 Å². The monoisotopic (exact) mass is 1770 g/mol. The van der Waals surface area contributed by atoms with Gasteiger partial charge in [0.15, 0.2) is 0 Å². The van der Waals surface area contributed by atoms with Crippen LogP contribution in [0.15, 0.2) is 406 Å². The Morgan fingerprint density at radius 1 is 0.130 bits per heavy atom. The van der Waals surface area contributed by atoms with Crippen LogP contribution in [0.25, 0.3) is 236 Å². The zero-order chi connectivity index (χ0) is 81.3. The van der Waals surface area contributed by atoms with Crippen molar-refractivity contribution >= 4 is 166 Å². The number of rotatable bonds is 10. The molecule has 0 aliphatic rings. The summed E-state index contributed by atoms with van der Waals surface area (Å²) in [6.45, 7) is 0. The predicted molar refractivity (Wildman–Crippen MR) is 515 cm³/mol. The molecule has 19 aromatic carbocycles. The van der Waals surface area contributed by atoms with Crippen molar-refractivity contribution in [1.82, 2.24) is 44.9 Å². The average molecular weight is 1760 g/mol. The topological polar surface area (TPSA) is 116 Å². The quantitative estimate of drug-likeness (QED) is 0.0975. The normalized spacial score (nSPS) is 11.6. The van der Waals surface area contributed by atoms with E-state index in [1.165, 1.54) is 117 Å². The van der Waals surface area contributed by atoms with Crippen molar-refractivity contribution in [3.05, 3.63) is 406 Å². The van der Waals surface area contributed by atoms with E-state index in [1.54, 1.807) is 0 Å². The van der Waals surface area contributed by atoms with Crippen molar-refractivity contribution in [2.24, 2.45) is 0 Å². The Hall–Kier alpha value is -14.7. The third-order valence-electron chi connectivity index (χ3n) is 23.2. The van der Waals surface area contributed by atoms with Crippen LogP contribution in [0.4, 0.5) is 0 Å². The molecule has 9 nitrogen and oxygen atoms in total. The molecule has 0 saturated heterocycles. The summed E-state index contributed by atoms with van der Waals surface area (Å²) in [5.41, 5.74) is 11.6. The Morgan fingerprint density at radius 3 is 0.862 bits per heavy atom. The van der Waals surface area contributed by atoms with Crippen LogP contribution in [0.1, 0.15) is 0 Å². The number of aromatic nitrogens is 9. The van der Waals surface area contributed by atoms with Gasteiger partial charge in [-0.3, -0.25) is 0 Å². The van der Waals surface area contributed by atoms with Crippen molar-refractivity contribution < 1.29 is 0 Å². The van der Waals surface area contributed by atoms with Crippen molar-refractivity contribution in [2.75, 3.05) is 0 Å². The predicted octanol–water partition coefficient (Wildman–Crippen LogP) is 27.3. The van der Waals surface area contributed by atoms with Crippen LogP contribution < -0.4 is 0 Å². The Labute approximate surface area is 725 Å². The molecule has 0 spiro atoms. The summed E-state index contributed by atoms with van der Waals surface area (Å²) in [6.07, 6.45) is 0. The zero-order valence-corrected chi connectivity index (χ0v) is 71.1. The van der Waals surface area contributed by atoms with Gasteiger partial charge in [0.05, 0.1) is 0 Å². The third-order valence-corrected chi connectivity index (χ3v) is 30.9. The van der Waals surface area contributed by atoms with Gasteiger partial charge in [0.1, 0.15) is 0 Å². The van der Waals surface area contributed by atoms with Gasteiger partial charge in [0.2, 0.25) is 0 Å². The molecule has 0 aliphatic carbocycles. The summed E-state index contributed by atoms with van der Waals surface area (Å²) in [6, 6.07) is 143. The van der Waals surface area contributed by atoms with Crippen molar-refractivity contribution in [1.29, 1.82) is 0 Å². The fraction of sp³-hybridized carbons (Fsp3) is 0. The molecule has 25 rings (SSSR count). The fourth-order valence-electron chi connectivity index (χ4n) is 17.4. The molecule has 574 valence electrons. The summed E-state index contributed by atoms with van der Waals surface area (Å²) >= 11 is 0.568. The maximum atomic E-state index is 5.18. The molecule has 123 heavy (non-hydrogen) atoms. The molecule has 0 radical (unpaired) electrons. The van der Waals surface area contributed by atoms with Gasteiger partial charge in [-0.25, -0.2) is 0 Å². The van der Waals surface area contributed by atoms with Crippen LogP contribution >= 0.6 is 0 Å². The molecule has 0 fully saturated rings. The van der Waals surface area contributed by atoms with Crippen molar-refractivity contribution in [3.8, 4) is 114 Å². The van der Waals surface area contributed by atoms with Crippen LogP contribution in [-0.2, 0) is 0 Å². The first-order valence-corrected chi connectivity index (χ1v) is 46.1. The molecule has 0 amide bonds. The van der Waals surface area contributed by atoms with Crippen molar-refractivity contribution in [3.63, 3.8) is 0 Å². The number of hydrogen-bond donors (Lipinski definition) is 0. The van der Waals surface area contributed by atoms with Gasteiger partial charge in [0.25, 0.3) is 0 Å². The first kappa shape index (κ1) is 73.5. The molecule has 0 bridgehead atoms. The van der Waals surface area contributed by atoms with E-state index in [-0.39, 0.29) is 43.5 Å². The first-order valence-electron chi connectivity index (χ1n) is 41.0. The number of hydrogen-bond acceptors (Lipinski definition) is 9. The van der Waals surface area contributed by atoms with Gasteiger partial charge < -0.3 is 0 Å². The summed E-state index contributed by atoms with van der Waals surface area (Å²) < 4.78 is 8.23. The van der Waals surface area contributed by atoms with E-state index in [2.05, 4.69) is 352 Å². The number of fused-ring (bicyclic) bond motifs is 18. The van der Waals surface area contributed by atoms with Gasteiger partial charge in [-0.1, -0.05) is 24.3 Å². The molecule has 0 aliphatic heterocycles. The molecule has 0 N–H and O–H groups in total. The van der Waals surface area contributed by atoms with Crippen LogP contribution in [0.5, 0.6) is 0 Å². The molecule has 0 saturated carbocycles. The van der Waals surface area contributed by atoms with Crippen LogP contribution in [0.2, 0.25) is 0 Å². The Kier molecular flexibility index (Phi) is 18.8. The SMILES string of the molecule is c1ccc(-c2nc(-c3cc4ccccc4c4ccccc34)nc(-c3cccc4c3[se]c3ccccc34)n2)cc1.c1ccc(-c2nc(-c3ccc4c(c3)cc(-c3ccccc3)c3ccccc34)nc(-c3cccc4c3[se]c3ccccc34)n2)cc1.c1ccc(-c2nc(-c3cccc4c3ccc3ccccc34)nc(-c3cccc4c3[se]c3ccccc34)n2)cc1. The fourth-order valence-corrected chi connectivity index (χ4v) is 25.0. The number of benzene rings is 19. The average Bonchev–Trinajstić information content (AvgIpc) is 1.02. The summed E-state index contributed by atoms with van der Waals surface area (Å²) in [7, 11) is 0. The minimum atomic E-state index is 0.181. The van der Waals surface area contributed by atoms with E-state index in [0.29, 0.717) is 40.8 Å². The standard InChI is InChI=1S/C41H25N3Se.2C35H21N3Se/c1-3-12-26(13-4-1)36-25-29-24-28(22-23-30(29)31-16-7-8-17-32(31)36)40-42-39(27-14-5-2-6-15-27)43-41(44-40)35-20-11-19-34-33-18-9-10-21-37(33)45-38(34)35;1-2-11-23(12-3-1)33-36-34(29-17-8-15-25-24-13-5-4-10-22(24)20-21-26(25)29)38-35(37-33)30-18-9-16-28-27-14-6-7-19-31(27)39-32(28)30;1-2-11-22(12-3-1)33-36-34(29-19-10-18-28-27-17-8-9-20-31(27)39-32(28)29)38-35(37-33)30-21-23-13-4-5-14-24(23)25-15-6-7-16-26(25)30/h1-25H;2*1-21H. The second-order valence-electron chi connectivity index (χ2n) is 30.5. The second kappa shape index (κ2) is 31.5. The van der Waals surface area contributed by atoms with Crippen molar-refractivity contribution in [2.45, 2.75) is 0 Å². The van der Waals surface area contributed by atoms with Gasteiger partial charge in [0, 0.05) is 0 Å². The summed E-state index contributed by atoms with van der Waals surface area (Å²) in [5.74, 6) is 6.29. The van der Waals surface area contributed by atoms with E-state index in [9.17, 15) is 0 Å². The minimum absolute atomic E-state index is 0.181. The van der Waals surface area contributed by atoms with Crippen LogP contribution in [0.3, 0.4) is 0 Å². The molecule has 25 aromatic rings. The molecule has 0 unspecified atom stereocenters. The van der Waals surface area contributed by atoms with Crippen LogP contribution in [0, 0.1) is 0 Å². The first-order chi connectivity index (χ1) is 61.0. The maximum absolute atomic E-state index is 5.18. The summed E-state index contributed by atoms with van der Waals surface area (Å²) in [4.78, 5) is 45.9. The van der Waals surface area contributed by atoms with Gasteiger partial charge in [-0.2, -0.15) is 0 Å². The second-order valence-corrected chi connectivity index (χ2v) is 37.1. The molecular weight excluding hydrogens is 1700 g/mol.